The molecular weight excluding hydrogens is 334 g/mol. The van der Waals surface area contributed by atoms with Crippen LogP contribution < -0.4 is 10.5 Å². The van der Waals surface area contributed by atoms with Crippen molar-refractivity contribution in [2.24, 2.45) is 5.73 Å². The van der Waals surface area contributed by atoms with Crippen LogP contribution in [0.25, 0.3) is 0 Å². The number of benzene rings is 2. The minimum atomic E-state index is -1.82. The first kappa shape index (κ1) is 19.5. The first-order valence-corrected chi connectivity index (χ1v) is 7.45. The normalized spacial score (nSPS) is 10.9. The van der Waals surface area contributed by atoms with Crippen molar-refractivity contribution in [1.82, 2.24) is 0 Å². The lowest BCUT2D eigenvalue weighted by Gasteiger charge is -2.19. The minimum Gasteiger partial charge on any atom is -0.486 e. The molecule has 24 heavy (non-hydrogen) atoms. The molecule has 7 heteroatoms. The number of hydrogen-bond acceptors (Lipinski definition) is 4. The van der Waals surface area contributed by atoms with Crippen LogP contribution in [0, 0.1) is 0 Å². The highest BCUT2D eigenvalue weighted by Crippen LogP contribution is 2.25. The summed E-state index contributed by atoms with van der Waals surface area (Å²) in [5.41, 5.74) is 6.78. The number of carbonyl (C=O) groups is 2. The van der Waals surface area contributed by atoms with Crippen molar-refractivity contribution in [1.29, 1.82) is 0 Å². The van der Waals surface area contributed by atoms with Gasteiger partial charge in [0.15, 0.2) is 0 Å². The Morgan fingerprint density at radius 1 is 1.00 bits per heavy atom. The Hall–Kier alpha value is -2.57. The second-order valence-electron chi connectivity index (χ2n) is 4.66. The Kier molecular flexibility index (Phi) is 8.32. The number of carboxylic acid groups (broad SMARTS) is 2. The minimum absolute atomic E-state index is 0.0163. The maximum absolute atomic E-state index is 9.10. The van der Waals surface area contributed by atoms with Gasteiger partial charge in [0, 0.05) is 11.4 Å². The average molecular weight is 352 g/mol. The number of carboxylic acids is 2. The summed E-state index contributed by atoms with van der Waals surface area (Å²) in [7, 11) is 0. The standard InChI is InChI=1S/C15H16ClNO.C2H2O4/c16-13-6-8-14(9-7-13)18-15(10-11-17)12-4-2-1-3-5-12;3-1(4)2(5)6/h1-9,15H,10-11,17H2;(H,3,4)(H,5,6). The molecule has 0 heterocycles. The molecule has 128 valence electrons. The molecular formula is C17H18ClNO5. The van der Waals surface area contributed by atoms with Gasteiger partial charge >= 0.3 is 11.9 Å². The number of hydrogen-bond donors (Lipinski definition) is 3. The lowest BCUT2D eigenvalue weighted by Crippen LogP contribution is -2.13. The zero-order chi connectivity index (χ0) is 17.9. The fourth-order valence-corrected chi connectivity index (χ4v) is 1.92. The third-order valence-corrected chi connectivity index (χ3v) is 3.13. The topological polar surface area (TPSA) is 110 Å². The van der Waals surface area contributed by atoms with E-state index in [4.69, 9.17) is 41.9 Å². The van der Waals surface area contributed by atoms with Crippen molar-refractivity contribution in [3.8, 4) is 5.75 Å². The van der Waals surface area contributed by atoms with Crippen LogP contribution in [0.5, 0.6) is 5.75 Å². The molecule has 0 aliphatic heterocycles. The van der Waals surface area contributed by atoms with E-state index in [2.05, 4.69) is 12.1 Å². The first-order valence-electron chi connectivity index (χ1n) is 7.07. The van der Waals surface area contributed by atoms with Gasteiger partial charge in [0.05, 0.1) is 0 Å². The molecule has 0 saturated heterocycles. The lowest BCUT2D eigenvalue weighted by molar-refractivity contribution is -0.159. The molecule has 1 atom stereocenters. The molecule has 0 spiro atoms. The van der Waals surface area contributed by atoms with Gasteiger partial charge in [0.2, 0.25) is 0 Å². The van der Waals surface area contributed by atoms with Crippen LogP contribution in [0.2, 0.25) is 5.02 Å². The third-order valence-electron chi connectivity index (χ3n) is 2.88. The van der Waals surface area contributed by atoms with Gasteiger partial charge in [-0.25, -0.2) is 9.59 Å². The molecule has 0 aliphatic rings. The highest BCUT2D eigenvalue weighted by Gasteiger charge is 2.12. The Morgan fingerprint density at radius 2 is 1.54 bits per heavy atom. The molecule has 0 saturated carbocycles. The highest BCUT2D eigenvalue weighted by atomic mass is 35.5. The average Bonchev–Trinajstić information content (AvgIpc) is 2.57. The summed E-state index contributed by atoms with van der Waals surface area (Å²) in [6, 6.07) is 17.5. The molecule has 0 bridgehead atoms. The summed E-state index contributed by atoms with van der Waals surface area (Å²) in [4.78, 5) is 18.2. The van der Waals surface area contributed by atoms with Crippen LogP contribution in [0.1, 0.15) is 18.1 Å². The van der Waals surface area contributed by atoms with Crippen molar-refractivity contribution in [3.63, 3.8) is 0 Å². The second-order valence-corrected chi connectivity index (χ2v) is 5.10. The second kappa shape index (κ2) is 10.3. The number of ether oxygens (including phenoxy) is 1. The zero-order valence-electron chi connectivity index (χ0n) is 12.8. The molecule has 0 amide bonds. The Bertz CT molecular complexity index is 634. The van der Waals surface area contributed by atoms with E-state index in [1.165, 1.54) is 0 Å². The van der Waals surface area contributed by atoms with Crippen LogP contribution >= 0.6 is 11.6 Å². The smallest absolute Gasteiger partial charge is 0.414 e. The van der Waals surface area contributed by atoms with Crippen LogP contribution in [-0.2, 0) is 9.59 Å². The number of aliphatic carboxylic acids is 2. The van der Waals surface area contributed by atoms with Crippen LogP contribution in [0.15, 0.2) is 54.6 Å². The summed E-state index contributed by atoms with van der Waals surface area (Å²) < 4.78 is 5.96. The number of halogens is 1. The van der Waals surface area contributed by atoms with Crippen molar-refractivity contribution in [3.05, 3.63) is 65.2 Å². The molecule has 2 aromatic carbocycles. The van der Waals surface area contributed by atoms with Crippen molar-refractivity contribution in [2.75, 3.05) is 6.54 Å². The van der Waals surface area contributed by atoms with E-state index < -0.39 is 11.9 Å². The fourth-order valence-electron chi connectivity index (χ4n) is 1.79. The van der Waals surface area contributed by atoms with E-state index in [9.17, 15) is 0 Å². The number of rotatable bonds is 5. The molecule has 6 nitrogen and oxygen atoms in total. The SMILES string of the molecule is NCCC(Oc1ccc(Cl)cc1)c1ccccc1.O=C(O)C(=O)O. The van der Waals surface area contributed by atoms with E-state index in [0.717, 1.165) is 17.7 Å². The lowest BCUT2D eigenvalue weighted by atomic mass is 10.1. The van der Waals surface area contributed by atoms with Crippen LogP contribution in [0.3, 0.4) is 0 Å². The monoisotopic (exact) mass is 351 g/mol. The van der Waals surface area contributed by atoms with Gasteiger partial charge in [-0.3, -0.25) is 0 Å². The summed E-state index contributed by atoms with van der Waals surface area (Å²) >= 11 is 5.85. The van der Waals surface area contributed by atoms with Crippen molar-refractivity contribution < 1.29 is 24.5 Å². The molecule has 1 unspecified atom stereocenters. The maximum atomic E-state index is 9.10. The van der Waals surface area contributed by atoms with E-state index in [0.29, 0.717) is 11.6 Å². The molecule has 2 rings (SSSR count). The molecule has 4 N–H and O–H groups in total. The van der Waals surface area contributed by atoms with Crippen LogP contribution in [-0.4, -0.2) is 28.7 Å². The Morgan fingerprint density at radius 3 is 2.00 bits per heavy atom. The number of nitrogens with two attached hydrogens (primary N) is 1. The predicted octanol–water partition coefficient (Wildman–Crippen LogP) is 2.96. The molecule has 0 aliphatic carbocycles. The van der Waals surface area contributed by atoms with E-state index in [1.807, 2.05) is 42.5 Å². The summed E-state index contributed by atoms with van der Waals surface area (Å²) in [6.07, 6.45) is 0.768. The van der Waals surface area contributed by atoms with Crippen LogP contribution in [0.4, 0.5) is 0 Å². The first-order chi connectivity index (χ1) is 11.4. The van der Waals surface area contributed by atoms with Gasteiger partial charge in [0.25, 0.3) is 0 Å². The summed E-state index contributed by atoms with van der Waals surface area (Å²) in [5.74, 6) is -2.84. The molecule has 0 radical (unpaired) electrons. The van der Waals surface area contributed by atoms with Crippen molar-refractivity contribution >= 4 is 23.5 Å². The van der Waals surface area contributed by atoms with Gasteiger partial charge in [0.1, 0.15) is 11.9 Å². The van der Waals surface area contributed by atoms with E-state index >= 15 is 0 Å². The quantitative estimate of drug-likeness (QED) is 0.714. The summed E-state index contributed by atoms with van der Waals surface area (Å²) in [5, 5.41) is 15.5. The van der Waals surface area contributed by atoms with Gasteiger partial charge in [-0.15, -0.1) is 0 Å². The van der Waals surface area contributed by atoms with Gasteiger partial charge in [-0.05, 0) is 36.4 Å². The fraction of sp³-hybridized carbons (Fsp3) is 0.176. The van der Waals surface area contributed by atoms with E-state index in [1.54, 1.807) is 0 Å². The molecule has 2 aromatic rings. The van der Waals surface area contributed by atoms with Gasteiger partial charge in [-0.1, -0.05) is 41.9 Å². The Balaban J connectivity index is 0.000000413. The van der Waals surface area contributed by atoms with Crippen molar-refractivity contribution in [2.45, 2.75) is 12.5 Å². The zero-order valence-corrected chi connectivity index (χ0v) is 13.5. The Labute approximate surface area is 144 Å². The maximum Gasteiger partial charge on any atom is 0.414 e. The third kappa shape index (κ3) is 7.13. The highest BCUT2D eigenvalue weighted by molar-refractivity contribution is 6.30. The largest absolute Gasteiger partial charge is 0.486 e. The molecule has 0 aromatic heterocycles. The van der Waals surface area contributed by atoms with Gasteiger partial charge < -0.3 is 20.7 Å². The van der Waals surface area contributed by atoms with Gasteiger partial charge in [-0.2, -0.15) is 0 Å². The molecule has 0 fully saturated rings. The summed E-state index contributed by atoms with van der Waals surface area (Å²) in [6.45, 7) is 0.590. The predicted molar refractivity (Wildman–Crippen MR) is 90.2 cm³/mol. The van der Waals surface area contributed by atoms with E-state index in [-0.39, 0.29) is 6.10 Å².